The molecular weight excluding hydrogens is 334 g/mol. The van der Waals surface area contributed by atoms with Crippen molar-refractivity contribution in [2.75, 3.05) is 27.3 Å². The predicted molar refractivity (Wildman–Crippen MR) is 86.6 cm³/mol. The summed E-state index contributed by atoms with van der Waals surface area (Å²) in [6.07, 6.45) is 2.06. The molecule has 1 fully saturated rings. The summed E-state index contributed by atoms with van der Waals surface area (Å²) in [5.74, 6) is 1.92. The molecule has 1 aromatic carbocycles. The Hall–Kier alpha value is -1.23. The molecule has 1 heterocycles. The van der Waals surface area contributed by atoms with Crippen LogP contribution in [0.1, 0.15) is 30.1 Å². The number of hydrogen-bond donors (Lipinski definition) is 0. The number of methoxy groups -OCH3 is 2. The van der Waals surface area contributed by atoms with Crippen LogP contribution in [0.2, 0.25) is 0 Å². The fourth-order valence-electron chi connectivity index (χ4n) is 2.71. The summed E-state index contributed by atoms with van der Waals surface area (Å²) in [7, 11) is 3.18. The van der Waals surface area contributed by atoms with E-state index in [4.69, 9.17) is 9.47 Å². The average Bonchev–Trinajstić information content (AvgIpc) is 2.53. The molecule has 5 heteroatoms. The van der Waals surface area contributed by atoms with Crippen molar-refractivity contribution in [3.8, 4) is 11.5 Å². The van der Waals surface area contributed by atoms with E-state index in [0.29, 0.717) is 27.8 Å². The zero-order chi connectivity index (χ0) is 15.4. The van der Waals surface area contributed by atoms with E-state index in [9.17, 15) is 4.79 Å². The van der Waals surface area contributed by atoms with Gasteiger partial charge in [0.25, 0.3) is 5.91 Å². The zero-order valence-electron chi connectivity index (χ0n) is 12.8. The van der Waals surface area contributed by atoms with E-state index < -0.39 is 0 Å². The largest absolute Gasteiger partial charge is 0.497 e. The minimum Gasteiger partial charge on any atom is -0.497 e. The van der Waals surface area contributed by atoms with Gasteiger partial charge in [-0.05, 0) is 37.0 Å². The van der Waals surface area contributed by atoms with Crippen LogP contribution in [0.25, 0.3) is 0 Å². The summed E-state index contributed by atoms with van der Waals surface area (Å²) in [6.45, 7) is 3.76. The third kappa shape index (κ3) is 3.70. The van der Waals surface area contributed by atoms with Gasteiger partial charge in [-0.2, -0.15) is 0 Å². The predicted octanol–water partition coefficient (Wildman–Crippen LogP) is 3.34. The molecular formula is C16H22BrNO3. The van der Waals surface area contributed by atoms with Gasteiger partial charge in [-0.1, -0.05) is 22.9 Å². The Balaban J connectivity index is 2.13. The van der Waals surface area contributed by atoms with Crippen molar-refractivity contribution in [2.45, 2.75) is 24.6 Å². The van der Waals surface area contributed by atoms with Crippen LogP contribution in [-0.2, 0) is 0 Å². The van der Waals surface area contributed by atoms with E-state index in [1.807, 2.05) is 4.90 Å². The summed E-state index contributed by atoms with van der Waals surface area (Å²) >= 11 is 3.64. The number of ether oxygens (including phenoxy) is 2. The molecule has 1 saturated heterocycles. The van der Waals surface area contributed by atoms with E-state index in [-0.39, 0.29) is 5.91 Å². The standard InChI is InChI=1S/C16H22BrNO3/c1-11(17)12-6-8-18(9-7-12)16(19)14-10-13(20-2)4-5-15(14)21-3/h4-5,10-12H,6-9H2,1-3H3. The highest BCUT2D eigenvalue weighted by Crippen LogP contribution is 2.29. The molecule has 1 amide bonds. The van der Waals surface area contributed by atoms with Crippen LogP contribution in [-0.4, -0.2) is 42.9 Å². The quantitative estimate of drug-likeness (QED) is 0.777. The van der Waals surface area contributed by atoms with E-state index in [2.05, 4.69) is 22.9 Å². The summed E-state index contributed by atoms with van der Waals surface area (Å²) in [6, 6.07) is 5.33. The number of hydrogen-bond acceptors (Lipinski definition) is 3. The zero-order valence-corrected chi connectivity index (χ0v) is 14.4. The molecule has 0 N–H and O–H groups in total. The first kappa shape index (κ1) is 16.1. The maximum Gasteiger partial charge on any atom is 0.257 e. The fraction of sp³-hybridized carbons (Fsp3) is 0.562. The molecule has 0 aliphatic carbocycles. The molecule has 1 unspecified atom stereocenters. The first-order valence-corrected chi connectivity index (χ1v) is 8.13. The lowest BCUT2D eigenvalue weighted by Crippen LogP contribution is -2.40. The molecule has 0 radical (unpaired) electrons. The van der Waals surface area contributed by atoms with Crippen molar-refractivity contribution < 1.29 is 14.3 Å². The lowest BCUT2D eigenvalue weighted by Gasteiger charge is -2.33. The SMILES string of the molecule is COc1ccc(OC)c(C(=O)N2CCC(C(C)Br)CC2)c1. The van der Waals surface area contributed by atoms with Gasteiger partial charge in [0.05, 0.1) is 19.8 Å². The number of nitrogens with zero attached hydrogens (tertiary/aromatic N) is 1. The minimum absolute atomic E-state index is 0.0198. The number of carbonyl (C=O) groups is 1. The van der Waals surface area contributed by atoms with Gasteiger partial charge in [-0.15, -0.1) is 0 Å². The number of carbonyl (C=O) groups excluding carboxylic acids is 1. The van der Waals surface area contributed by atoms with Crippen molar-refractivity contribution in [3.63, 3.8) is 0 Å². The van der Waals surface area contributed by atoms with Crippen molar-refractivity contribution >= 4 is 21.8 Å². The second kappa shape index (κ2) is 7.16. The third-order valence-electron chi connectivity index (χ3n) is 4.11. The normalized spacial score (nSPS) is 17.4. The van der Waals surface area contributed by atoms with Gasteiger partial charge in [0.1, 0.15) is 11.5 Å². The molecule has 1 aliphatic rings. The number of likely N-dealkylation sites (tertiary alicyclic amines) is 1. The van der Waals surface area contributed by atoms with E-state index in [1.165, 1.54) is 0 Å². The van der Waals surface area contributed by atoms with Gasteiger partial charge >= 0.3 is 0 Å². The Morgan fingerprint density at radius 3 is 2.48 bits per heavy atom. The van der Waals surface area contributed by atoms with Crippen LogP contribution < -0.4 is 9.47 Å². The topological polar surface area (TPSA) is 38.8 Å². The maximum atomic E-state index is 12.7. The first-order valence-electron chi connectivity index (χ1n) is 7.22. The molecule has 0 aromatic heterocycles. The molecule has 4 nitrogen and oxygen atoms in total. The number of benzene rings is 1. The molecule has 21 heavy (non-hydrogen) atoms. The number of piperidine rings is 1. The lowest BCUT2D eigenvalue weighted by atomic mass is 9.94. The Kier molecular flexibility index (Phi) is 5.51. The smallest absolute Gasteiger partial charge is 0.257 e. The molecule has 0 spiro atoms. The molecule has 0 bridgehead atoms. The maximum absolute atomic E-state index is 12.7. The monoisotopic (exact) mass is 355 g/mol. The Morgan fingerprint density at radius 2 is 1.95 bits per heavy atom. The van der Waals surface area contributed by atoms with Crippen LogP contribution in [0.4, 0.5) is 0 Å². The minimum atomic E-state index is 0.0198. The summed E-state index contributed by atoms with van der Waals surface area (Å²) in [5.41, 5.74) is 0.571. The number of halogens is 1. The Bertz CT molecular complexity index is 496. The second-order valence-electron chi connectivity index (χ2n) is 5.37. The third-order valence-corrected chi connectivity index (χ3v) is 4.86. The van der Waals surface area contributed by atoms with Gasteiger partial charge in [0.2, 0.25) is 0 Å². The van der Waals surface area contributed by atoms with Crippen LogP contribution in [0, 0.1) is 5.92 Å². The molecule has 1 aliphatic heterocycles. The Morgan fingerprint density at radius 1 is 1.29 bits per heavy atom. The van der Waals surface area contributed by atoms with Gasteiger partial charge in [-0.25, -0.2) is 0 Å². The number of amides is 1. The van der Waals surface area contributed by atoms with Gasteiger partial charge in [0.15, 0.2) is 0 Å². The van der Waals surface area contributed by atoms with Crippen LogP contribution in [0.15, 0.2) is 18.2 Å². The average molecular weight is 356 g/mol. The molecule has 116 valence electrons. The highest BCUT2D eigenvalue weighted by atomic mass is 79.9. The van der Waals surface area contributed by atoms with Gasteiger partial charge < -0.3 is 14.4 Å². The van der Waals surface area contributed by atoms with E-state index in [1.54, 1.807) is 32.4 Å². The molecule has 0 saturated carbocycles. The van der Waals surface area contributed by atoms with Gasteiger partial charge in [-0.3, -0.25) is 4.79 Å². The van der Waals surface area contributed by atoms with Crippen LogP contribution >= 0.6 is 15.9 Å². The number of rotatable bonds is 4. The second-order valence-corrected chi connectivity index (χ2v) is 6.82. The van der Waals surface area contributed by atoms with Crippen molar-refractivity contribution in [3.05, 3.63) is 23.8 Å². The Labute approximate surface area is 134 Å². The summed E-state index contributed by atoms with van der Waals surface area (Å²) in [5, 5.41) is 0. The molecule has 1 atom stereocenters. The highest BCUT2D eigenvalue weighted by molar-refractivity contribution is 9.09. The van der Waals surface area contributed by atoms with Crippen molar-refractivity contribution in [1.82, 2.24) is 4.90 Å². The molecule has 1 aromatic rings. The number of alkyl halides is 1. The summed E-state index contributed by atoms with van der Waals surface area (Å²) in [4.78, 5) is 15.1. The summed E-state index contributed by atoms with van der Waals surface area (Å²) < 4.78 is 10.5. The molecule has 2 rings (SSSR count). The first-order chi connectivity index (χ1) is 10.1. The van der Waals surface area contributed by atoms with Crippen LogP contribution in [0.3, 0.4) is 0 Å². The van der Waals surface area contributed by atoms with E-state index in [0.717, 1.165) is 25.9 Å². The fourth-order valence-corrected chi connectivity index (χ4v) is 3.24. The van der Waals surface area contributed by atoms with Gasteiger partial charge in [0, 0.05) is 17.9 Å². The van der Waals surface area contributed by atoms with E-state index >= 15 is 0 Å². The lowest BCUT2D eigenvalue weighted by molar-refractivity contribution is 0.0687. The van der Waals surface area contributed by atoms with Crippen molar-refractivity contribution in [2.24, 2.45) is 5.92 Å². The van der Waals surface area contributed by atoms with Crippen molar-refractivity contribution in [1.29, 1.82) is 0 Å². The highest BCUT2D eigenvalue weighted by Gasteiger charge is 2.27. The van der Waals surface area contributed by atoms with Crippen LogP contribution in [0.5, 0.6) is 11.5 Å².